The second kappa shape index (κ2) is 4.72. The van der Waals surface area contributed by atoms with Gasteiger partial charge < -0.3 is 9.88 Å². The molecule has 5 heteroatoms. The molecular weight excluding hydrogens is 190 g/mol. The molecule has 0 amide bonds. The lowest BCUT2D eigenvalue weighted by molar-refractivity contribution is 0.308. The van der Waals surface area contributed by atoms with Crippen molar-refractivity contribution in [1.29, 1.82) is 0 Å². The van der Waals surface area contributed by atoms with Crippen LogP contribution in [0.2, 0.25) is 0 Å². The van der Waals surface area contributed by atoms with Crippen LogP contribution in [0.15, 0.2) is 6.33 Å². The van der Waals surface area contributed by atoms with Crippen LogP contribution < -0.4 is 5.32 Å². The highest BCUT2D eigenvalue weighted by atomic mass is 15.3. The summed E-state index contributed by atoms with van der Waals surface area (Å²) in [5, 5.41) is 11.5. The third-order valence-corrected chi connectivity index (χ3v) is 2.94. The van der Waals surface area contributed by atoms with Crippen molar-refractivity contribution in [3.05, 3.63) is 12.2 Å². The number of aryl methyl sites for hydroxylation is 1. The Hall–Kier alpha value is -0.940. The van der Waals surface area contributed by atoms with E-state index in [9.17, 15) is 0 Å². The number of nitrogens with zero attached hydrogens (tertiary/aromatic N) is 4. The normalized spacial score (nSPS) is 22.4. The van der Waals surface area contributed by atoms with Crippen LogP contribution in [0.3, 0.4) is 0 Å². The lowest BCUT2D eigenvalue weighted by Gasteiger charge is -2.15. The number of hydrogen-bond donors (Lipinski definition) is 1. The predicted molar refractivity (Wildman–Crippen MR) is 58.4 cm³/mol. The van der Waals surface area contributed by atoms with Crippen LogP contribution >= 0.6 is 0 Å². The van der Waals surface area contributed by atoms with Gasteiger partial charge in [0.2, 0.25) is 0 Å². The van der Waals surface area contributed by atoms with Gasteiger partial charge in [-0.25, -0.2) is 0 Å². The Balaban J connectivity index is 1.85. The number of likely N-dealkylation sites (N-methyl/N-ethyl adjacent to an activating group) is 1. The van der Waals surface area contributed by atoms with E-state index >= 15 is 0 Å². The zero-order chi connectivity index (χ0) is 10.7. The fraction of sp³-hybridized carbons (Fsp3) is 0.800. The summed E-state index contributed by atoms with van der Waals surface area (Å²) in [6, 6.07) is 0.656. The molecule has 0 radical (unpaired) electrons. The van der Waals surface area contributed by atoms with Crippen molar-refractivity contribution in [2.75, 3.05) is 19.6 Å². The van der Waals surface area contributed by atoms with E-state index in [1.807, 2.05) is 11.6 Å². The van der Waals surface area contributed by atoms with Gasteiger partial charge in [-0.3, -0.25) is 4.90 Å². The van der Waals surface area contributed by atoms with Crippen LogP contribution in [0.1, 0.15) is 19.2 Å². The summed E-state index contributed by atoms with van der Waals surface area (Å²) in [6.45, 7) is 6.41. The Morgan fingerprint density at radius 3 is 3.13 bits per heavy atom. The molecule has 0 spiro atoms. The van der Waals surface area contributed by atoms with Crippen LogP contribution in [0, 0.1) is 0 Å². The van der Waals surface area contributed by atoms with E-state index in [4.69, 9.17) is 0 Å². The maximum absolute atomic E-state index is 4.10. The third kappa shape index (κ3) is 2.54. The summed E-state index contributed by atoms with van der Waals surface area (Å²) in [6.07, 6.45) is 3.00. The molecule has 1 atom stereocenters. The number of likely N-dealkylation sites (tertiary alicyclic amines) is 1. The van der Waals surface area contributed by atoms with Crippen LogP contribution in [-0.2, 0) is 13.6 Å². The predicted octanol–water partition coefficient (Wildman–Crippen LogP) is -0.00110. The number of nitrogens with one attached hydrogen (secondary N) is 1. The van der Waals surface area contributed by atoms with Gasteiger partial charge in [0, 0.05) is 26.2 Å². The fourth-order valence-electron chi connectivity index (χ4n) is 2.08. The lowest BCUT2D eigenvalue weighted by Crippen LogP contribution is -2.32. The zero-order valence-electron chi connectivity index (χ0n) is 9.48. The van der Waals surface area contributed by atoms with Crippen molar-refractivity contribution >= 4 is 0 Å². The highest BCUT2D eigenvalue weighted by Gasteiger charge is 2.22. The van der Waals surface area contributed by atoms with Crippen LogP contribution in [0.25, 0.3) is 0 Å². The first-order valence-corrected chi connectivity index (χ1v) is 5.58. The Morgan fingerprint density at radius 2 is 2.47 bits per heavy atom. The third-order valence-electron chi connectivity index (χ3n) is 2.94. The molecule has 0 saturated carbocycles. The lowest BCUT2D eigenvalue weighted by atomic mass is 10.3. The quantitative estimate of drug-likeness (QED) is 0.758. The van der Waals surface area contributed by atoms with E-state index < -0.39 is 0 Å². The van der Waals surface area contributed by atoms with Gasteiger partial charge in [-0.2, -0.15) is 0 Å². The van der Waals surface area contributed by atoms with E-state index in [-0.39, 0.29) is 0 Å². The first-order valence-electron chi connectivity index (χ1n) is 5.58. The number of rotatable bonds is 4. The minimum Gasteiger partial charge on any atom is -0.320 e. The van der Waals surface area contributed by atoms with Crippen molar-refractivity contribution < 1.29 is 0 Å². The van der Waals surface area contributed by atoms with Gasteiger partial charge in [-0.05, 0) is 13.0 Å². The minimum atomic E-state index is 0.656. The van der Waals surface area contributed by atoms with Gasteiger partial charge in [0.25, 0.3) is 0 Å². The summed E-state index contributed by atoms with van der Waals surface area (Å²) in [5.41, 5.74) is 0. The maximum Gasteiger partial charge on any atom is 0.146 e. The SMILES string of the molecule is CCNC1CCN(Cc2nncn2C)C1. The molecule has 1 fully saturated rings. The monoisotopic (exact) mass is 209 g/mol. The summed E-state index contributed by atoms with van der Waals surface area (Å²) in [7, 11) is 1.99. The molecule has 1 aromatic rings. The van der Waals surface area contributed by atoms with Crippen molar-refractivity contribution in [3.8, 4) is 0 Å². The summed E-state index contributed by atoms with van der Waals surface area (Å²) >= 11 is 0. The molecule has 0 aromatic carbocycles. The molecule has 1 aliphatic heterocycles. The Bertz CT molecular complexity index is 309. The highest BCUT2D eigenvalue weighted by molar-refractivity contribution is 4.88. The molecule has 2 rings (SSSR count). The van der Waals surface area contributed by atoms with Gasteiger partial charge in [0.15, 0.2) is 0 Å². The zero-order valence-corrected chi connectivity index (χ0v) is 9.48. The van der Waals surface area contributed by atoms with Gasteiger partial charge in [0.05, 0.1) is 6.54 Å². The second-order valence-electron chi connectivity index (χ2n) is 4.14. The Kier molecular flexibility index (Phi) is 3.33. The van der Waals surface area contributed by atoms with Crippen LogP contribution in [0.5, 0.6) is 0 Å². The van der Waals surface area contributed by atoms with Crippen LogP contribution in [-0.4, -0.2) is 45.3 Å². The first kappa shape index (κ1) is 10.6. The van der Waals surface area contributed by atoms with Crippen molar-refractivity contribution in [1.82, 2.24) is 25.0 Å². The average molecular weight is 209 g/mol. The summed E-state index contributed by atoms with van der Waals surface area (Å²) in [5.74, 6) is 1.05. The van der Waals surface area contributed by atoms with Gasteiger partial charge >= 0.3 is 0 Å². The van der Waals surface area contributed by atoms with Gasteiger partial charge in [-0.1, -0.05) is 6.92 Å². The Labute approximate surface area is 90.5 Å². The minimum absolute atomic E-state index is 0.656. The molecule has 1 aliphatic rings. The summed E-state index contributed by atoms with van der Waals surface area (Å²) in [4.78, 5) is 2.43. The van der Waals surface area contributed by atoms with E-state index in [0.717, 1.165) is 32.0 Å². The molecule has 2 heterocycles. The molecule has 0 bridgehead atoms. The topological polar surface area (TPSA) is 46.0 Å². The largest absolute Gasteiger partial charge is 0.320 e. The van der Waals surface area contributed by atoms with Crippen molar-refractivity contribution in [2.45, 2.75) is 25.9 Å². The Morgan fingerprint density at radius 1 is 1.60 bits per heavy atom. The van der Waals surface area contributed by atoms with E-state index in [1.165, 1.54) is 6.42 Å². The van der Waals surface area contributed by atoms with E-state index in [2.05, 4.69) is 27.3 Å². The maximum atomic E-state index is 4.10. The fourth-order valence-corrected chi connectivity index (χ4v) is 2.08. The second-order valence-corrected chi connectivity index (χ2v) is 4.14. The van der Waals surface area contributed by atoms with Gasteiger partial charge in [0.1, 0.15) is 12.2 Å². The van der Waals surface area contributed by atoms with E-state index in [1.54, 1.807) is 6.33 Å². The standard InChI is InChI=1S/C10H19N5/c1-3-11-9-4-5-15(6-9)7-10-13-12-8-14(10)2/h8-9,11H,3-7H2,1-2H3. The smallest absolute Gasteiger partial charge is 0.146 e. The van der Waals surface area contributed by atoms with Crippen LogP contribution in [0.4, 0.5) is 0 Å². The number of aromatic nitrogens is 3. The number of hydrogen-bond acceptors (Lipinski definition) is 4. The average Bonchev–Trinajstić information content (AvgIpc) is 2.79. The highest BCUT2D eigenvalue weighted by Crippen LogP contribution is 2.11. The molecule has 84 valence electrons. The molecule has 1 unspecified atom stereocenters. The summed E-state index contributed by atoms with van der Waals surface area (Å²) < 4.78 is 1.99. The van der Waals surface area contributed by atoms with E-state index in [0.29, 0.717) is 6.04 Å². The molecular formula is C10H19N5. The molecule has 5 nitrogen and oxygen atoms in total. The van der Waals surface area contributed by atoms with Gasteiger partial charge in [-0.15, -0.1) is 10.2 Å². The first-order chi connectivity index (χ1) is 7.29. The van der Waals surface area contributed by atoms with Crippen molar-refractivity contribution in [3.63, 3.8) is 0 Å². The van der Waals surface area contributed by atoms with Crippen molar-refractivity contribution in [2.24, 2.45) is 7.05 Å². The molecule has 15 heavy (non-hydrogen) atoms. The molecule has 1 aromatic heterocycles. The molecule has 1 saturated heterocycles. The molecule has 0 aliphatic carbocycles. The molecule has 1 N–H and O–H groups in total.